The van der Waals surface area contributed by atoms with E-state index in [9.17, 15) is 0 Å². The van der Waals surface area contributed by atoms with Crippen LogP contribution in [0, 0.1) is 13.8 Å². The van der Waals surface area contributed by atoms with Crippen LogP contribution < -0.4 is 0 Å². The molecule has 0 amide bonds. The number of nitrogens with zero attached hydrogens (tertiary/aromatic N) is 2. The Kier molecular flexibility index (Phi) is 1.93. The highest BCUT2D eigenvalue weighted by Gasteiger charge is 2.02. The molecule has 0 atom stereocenters. The van der Waals surface area contributed by atoms with Gasteiger partial charge in [0.1, 0.15) is 5.15 Å². The zero-order valence-corrected chi connectivity index (χ0v) is 8.26. The quantitative estimate of drug-likeness (QED) is 0.642. The molecule has 0 N–H and O–H groups in total. The third kappa shape index (κ3) is 1.38. The zero-order chi connectivity index (χ0) is 9.42. The van der Waals surface area contributed by atoms with E-state index in [-0.39, 0.29) is 0 Å². The van der Waals surface area contributed by atoms with E-state index in [1.807, 2.05) is 19.1 Å². The van der Waals surface area contributed by atoms with Crippen molar-refractivity contribution in [3.05, 3.63) is 34.6 Å². The van der Waals surface area contributed by atoms with Crippen LogP contribution >= 0.6 is 11.6 Å². The highest BCUT2D eigenvalue weighted by atomic mass is 35.5. The van der Waals surface area contributed by atoms with Crippen LogP contribution in [0.15, 0.2) is 18.3 Å². The van der Waals surface area contributed by atoms with Crippen molar-refractivity contribution in [3.63, 3.8) is 0 Å². The van der Waals surface area contributed by atoms with E-state index in [1.165, 1.54) is 11.1 Å². The Hall–Kier alpha value is -1.15. The molecule has 2 rings (SSSR count). The van der Waals surface area contributed by atoms with E-state index >= 15 is 0 Å². The average molecular weight is 193 g/mol. The molecule has 66 valence electrons. The minimum atomic E-state index is 0.441. The highest BCUT2D eigenvalue weighted by Crippen LogP contribution is 2.18. The number of aryl methyl sites for hydroxylation is 2. The maximum Gasteiger partial charge on any atom is 0.148 e. The molecule has 3 heteroatoms. The van der Waals surface area contributed by atoms with Gasteiger partial charge in [-0.15, -0.1) is 0 Å². The molecule has 13 heavy (non-hydrogen) atoms. The first-order chi connectivity index (χ1) is 6.18. The molecule has 0 aliphatic heterocycles. The Morgan fingerprint density at radius 1 is 1.23 bits per heavy atom. The van der Waals surface area contributed by atoms with Crippen LogP contribution in [0.5, 0.6) is 0 Å². The fourth-order valence-corrected chi connectivity index (χ4v) is 1.44. The normalized spacial score (nSPS) is 10.7. The topological polar surface area (TPSA) is 25.8 Å². The SMILES string of the molecule is Cc1ccc2nc(Cl)cnc2c1C. The molecule has 0 saturated carbocycles. The first-order valence-corrected chi connectivity index (χ1v) is 4.45. The third-order valence-electron chi connectivity index (χ3n) is 2.21. The summed E-state index contributed by atoms with van der Waals surface area (Å²) in [5.74, 6) is 0. The lowest BCUT2D eigenvalue weighted by Crippen LogP contribution is -1.89. The summed E-state index contributed by atoms with van der Waals surface area (Å²) in [4.78, 5) is 8.43. The van der Waals surface area contributed by atoms with Gasteiger partial charge in [0.05, 0.1) is 17.2 Å². The zero-order valence-electron chi connectivity index (χ0n) is 7.50. The van der Waals surface area contributed by atoms with Gasteiger partial charge < -0.3 is 0 Å². The standard InChI is InChI=1S/C10H9ClN2/c1-6-3-4-8-10(7(6)2)12-5-9(11)13-8/h3-5H,1-2H3. The maximum atomic E-state index is 5.74. The van der Waals surface area contributed by atoms with Crippen molar-refractivity contribution < 1.29 is 0 Å². The number of aromatic nitrogens is 2. The largest absolute Gasteiger partial charge is 0.251 e. The number of halogens is 1. The van der Waals surface area contributed by atoms with Crippen molar-refractivity contribution in [2.24, 2.45) is 0 Å². The van der Waals surface area contributed by atoms with Crippen LogP contribution in [0.3, 0.4) is 0 Å². The lowest BCUT2D eigenvalue weighted by atomic mass is 10.1. The van der Waals surface area contributed by atoms with Gasteiger partial charge in [0, 0.05) is 0 Å². The van der Waals surface area contributed by atoms with E-state index in [4.69, 9.17) is 11.6 Å². The molecular formula is C10H9ClN2. The van der Waals surface area contributed by atoms with Gasteiger partial charge in [0.15, 0.2) is 0 Å². The fraction of sp³-hybridized carbons (Fsp3) is 0.200. The predicted molar refractivity (Wildman–Crippen MR) is 54.0 cm³/mol. The number of hydrogen-bond donors (Lipinski definition) is 0. The van der Waals surface area contributed by atoms with Crippen LogP contribution in [0.2, 0.25) is 5.15 Å². The van der Waals surface area contributed by atoms with Crippen LogP contribution in [0.25, 0.3) is 11.0 Å². The maximum absolute atomic E-state index is 5.74. The Morgan fingerprint density at radius 2 is 2.00 bits per heavy atom. The molecule has 0 aliphatic rings. The van der Waals surface area contributed by atoms with Crippen LogP contribution in [-0.4, -0.2) is 9.97 Å². The van der Waals surface area contributed by atoms with Gasteiger partial charge in [-0.25, -0.2) is 4.98 Å². The molecule has 2 nitrogen and oxygen atoms in total. The van der Waals surface area contributed by atoms with Crippen LogP contribution in [0.1, 0.15) is 11.1 Å². The summed E-state index contributed by atoms with van der Waals surface area (Å²) in [6.45, 7) is 4.10. The summed E-state index contributed by atoms with van der Waals surface area (Å²) >= 11 is 5.74. The molecule has 2 aromatic rings. The molecule has 1 aromatic carbocycles. The van der Waals surface area contributed by atoms with Crippen LogP contribution in [0.4, 0.5) is 0 Å². The van der Waals surface area contributed by atoms with Gasteiger partial charge in [-0.2, -0.15) is 0 Å². The minimum absolute atomic E-state index is 0.441. The van der Waals surface area contributed by atoms with Gasteiger partial charge in [-0.1, -0.05) is 17.7 Å². The van der Waals surface area contributed by atoms with Gasteiger partial charge in [-0.3, -0.25) is 4.98 Å². The van der Waals surface area contributed by atoms with Crippen molar-refractivity contribution in [1.82, 2.24) is 9.97 Å². The third-order valence-corrected chi connectivity index (χ3v) is 2.39. The minimum Gasteiger partial charge on any atom is -0.251 e. The first kappa shape index (κ1) is 8.45. The van der Waals surface area contributed by atoms with Gasteiger partial charge in [0.25, 0.3) is 0 Å². The summed E-state index contributed by atoms with van der Waals surface area (Å²) in [6.07, 6.45) is 1.58. The van der Waals surface area contributed by atoms with Crippen LogP contribution in [-0.2, 0) is 0 Å². The van der Waals surface area contributed by atoms with Crippen molar-refractivity contribution in [1.29, 1.82) is 0 Å². The Balaban J connectivity index is 2.87. The lowest BCUT2D eigenvalue weighted by Gasteiger charge is -2.03. The second-order valence-corrected chi connectivity index (χ2v) is 3.46. The van der Waals surface area contributed by atoms with E-state index in [1.54, 1.807) is 6.20 Å². The Morgan fingerprint density at radius 3 is 2.77 bits per heavy atom. The monoisotopic (exact) mass is 192 g/mol. The number of fused-ring (bicyclic) bond motifs is 1. The summed E-state index contributed by atoms with van der Waals surface area (Å²) in [5.41, 5.74) is 4.19. The number of hydrogen-bond acceptors (Lipinski definition) is 2. The molecule has 0 bridgehead atoms. The predicted octanol–water partition coefficient (Wildman–Crippen LogP) is 2.90. The van der Waals surface area contributed by atoms with E-state index in [0.717, 1.165) is 11.0 Å². The molecule has 0 fully saturated rings. The van der Waals surface area contributed by atoms with E-state index in [2.05, 4.69) is 16.9 Å². The Labute approximate surface area is 81.6 Å². The van der Waals surface area contributed by atoms with Crippen molar-refractivity contribution >= 4 is 22.6 Å². The molecule has 1 aromatic heterocycles. The smallest absolute Gasteiger partial charge is 0.148 e. The summed E-state index contributed by atoms with van der Waals surface area (Å²) < 4.78 is 0. The highest BCUT2D eigenvalue weighted by molar-refractivity contribution is 6.29. The molecule has 0 spiro atoms. The second-order valence-electron chi connectivity index (χ2n) is 3.07. The van der Waals surface area contributed by atoms with Gasteiger partial charge >= 0.3 is 0 Å². The fourth-order valence-electron chi connectivity index (χ4n) is 1.30. The van der Waals surface area contributed by atoms with Crippen molar-refractivity contribution in [3.8, 4) is 0 Å². The molecule has 0 unspecified atom stereocenters. The molecule has 0 aliphatic carbocycles. The van der Waals surface area contributed by atoms with Gasteiger partial charge in [0.2, 0.25) is 0 Å². The molecule has 1 heterocycles. The number of benzene rings is 1. The van der Waals surface area contributed by atoms with Gasteiger partial charge in [-0.05, 0) is 31.0 Å². The van der Waals surface area contributed by atoms with Crippen molar-refractivity contribution in [2.75, 3.05) is 0 Å². The second kappa shape index (κ2) is 2.96. The molecular weight excluding hydrogens is 184 g/mol. The lowest BCUT2D eigenvalue weighted by molar-refractivity contribution is 1.25. The van der Waals surface area contributed by atoms with E-state index in [0.29, 0.717) is 5.15 Å². The summed E-state index contributed by atoms with van der Waals surface area (Å²) in [5, 5.41) is 0.441. The average Bonchev–Trinajstić information content (AvgIpc) is 2.12. The molecule has 0 saturated heterocycles. The summed E-state index contributed by atoms with van der Waals surface area (Å²) in [6, 6.07) is 3.97. The summed E-state index contributed by atoms with van der Waals surface area (Å²) in [7, 11) is 0. The van der Waals surface area contributed by atoms with E-state index < -0.39 is 0 Å². The molecule has 0 radical (unpaired) electrons. The van der Waals surface area contributed by atoms with Crippen molar-refractivity contribution in [2.45, 2.75) is 13.8 Å². The number of rotatable bonds is 0. The Bertz CT molecular complexity index is 466. The first-order valence-electron chi connectivity index (χ1n) is 4.07.